The minimum Gasteiger partial charge on any atom is -0.497 e. The number of carbonyl (C=O) groups is 2. The lowest BCUT2D eigenvalue weighted by atomic mass is 10.1. The third-order valence-corrected chi connectivity index (χ3v) is 5.20. The first-order valence-corrected chi connectivity index (χ1v) is 11.3. The quantitative estimate of drug-likeness (QED) is 0.425. The summed E-state index contributed by atoms with van der Waals surface area (Å²) < 4.78 is 16.1. The number of benzene rings is 3. The summed E-state index contributed by atoms with van der Waals surface area (Å²) >= 11 is 0. The van der Waals surface area contributed by atoms with Gasteiger partial charge in [-0.2, -0.15) is 0 Å². The van der Waals surface area contributed by atoms with Gasteiger partial charge in [0.2, 0.25) is 5.91 Å². The largest absolute Gasteiger partial charge is 0.497 e. The van der Waals surface area contributed by atoms with Crippen molar-refractivity contribution in [2.75, 3.05) is 45.1 Å². The number of amides is 2. The molecule has 0 atom stereocenters. The molecule has 0 aromatic heterocycles. The van der Waals surface area contributed by atoms with E-state index in [0.717, 1.165) is 11.3 Å². The van der Waals surface area contributed by atoms with E-state index in [9.17, 15) is 9.59 Å². The van der Waals surface area contributed by atoms with Gasteiger partial charge in [0, 0.05) is 35.1 Å². The van der Waals surface area contributed by atoms with E-state index in [-0.39, 0.29) is 18.4 Å². The summed E-state index contributed by atoms with van der Waals surface area (Å²) in [5.74, 6) is 1.77. The Morgan fingerprint density at radius 3 is 2.09 bits per heavy atom. The van der Waals surface area contributed by atoms with Crippen molar-refractivity contribution in [3.63, 3.8) is 0 Å². The highest BCUT2D eigenvalue weighted by molar-refractivity contribution is 6.04. The minimum absolute atomic E-state index is 0.161. The number of methoxy groups -OCH3 is 2. The summed E-state index contributed by atoms with van der Waals surface area (Å²) in [6, 6.07) is 19.5. The van der Waals surface area contributed by atoms with Crippen molar-refractivity contribution in [2.45, 2.75) is 13.5 Å². The van der Waals surface area contributed by atoms with E-state index < -0.39 is 0 Å². The van der Waals surface area contributed by atoms with Crippen LogP contribution < -0.4 is 24.8 Å². The molecule has 0 aliphatic carbocycles. The van der Waals surface area contributed by atoms with Crippen molar-refractivity contribution in [1.82, 2.24) is 4.90 Å². The zero-order valence-electron chi connectivity index (χ0n) is 20.5. The predicted octanol–water partition coefficient (Wildman–Crippen LogP) is 4.43. The highest BCUT2D eigenvalue weighted by Gasteiger charge is 2.12. The van der Waals surface area contributed by atoms with Crippen LogP contribution in [0.5, 0.6) is 17.2 Å². The van der Waals surface area contributed by atoms with Crippen LogP contribution in [0.2, 0.25) is 0 Å². The maximum atomic E-state index is 12.5. The number of likely N-dealkylation sites (N-methyl/N-ethyl adjacent to an activating group) is 1. The van der Waals surface area contributed by atoms with Crippen molar-refractivity contribution in [3.8, 4) is 17.2 Å². The van der Waals surface area contributed by atoms with Crippen molar-refractivity contribution in [3.05, 3.63) is 77.9 Å². The molecular weight excluding hydrogens is 446 g/mol. The summed E-state index contributed by atoms with van der Waals surface area (Å²) in [5.41, 5.74) is 2.72. The Bertz CT molecular complexity index is 1130. The highest BCUT2D eigenvalue weighted by Crippen LogP contribution is 2.25. The molecule has 8 heteroatoms. The van der Waals surface area contributed by atoms with Crippen LogP contribution in [0.25, 0.3) is 0 Å². The summed E-state index contributed by atoms with van der Waals surface area (Å²) in [7, 11) is 5.07. The van der Waals surface area contributed by atoms with Crippen LogP contribution in [0.15, 0.2) is 66.7 Å². The second-order valence-electron chi connectivity index (χ2n) is 7.89. The van der Waals surface area contributed by atoms with Gasteiger partial charge < -0.3 is 24.8 Å². The molecule has 3 aromatic carbocycles. The maximum absolute atomic E-state index is 12.5. The van der Waals surface area contributed by atoms with E-state index in [2.05, 4.69) is 10.6 Å². The van der Waals surface area contributed by atoms with Gasteiger partial charge in [-0.25, -0.2) is 0 Å². The smallest absolute Gasteiger partial charge is 0.255 e. The first-order chi connectivity index (χ1) is 16.9. The van der Waals surface area contributed by atoms with Gasteiger partial charge in [-0.05, 0) is 68.6 Å². The van der Waals surface area contributed by atoms with Crippen molar-refractivity contribution in [2.24, 2.45) is 0 Å². The van der Waals surface area contributed by atoms with Crippen LogP contribution in [-0.4, -0.2) is 51.1 Å². The highest BCUT2D eigenvalue weighted by atomic mass is 16.5. The van der Waals surface area contributed by atoms with Gasteiger partial charge in [-0.15, -0.1) is 0 Å². The second-order valence-corrected chi connectivity index (χ2v) is 7.89. The Labute approximate surface area is 205 Å². The van der Waals surface area contributed by atoms with E-state index in [1.165, 1.54) is 0 Å². The molecule has 0 bridgehead atoms. The molecule has 0 aliphatic rings. The number of nitrogens with zero attached hydrogens (tertiary/aromatic N) is 1. The average Bonchev–Trinajstić information content (AvgIpc) is 2.86. The van der Waals surface area contributed by atoms with Gasteiger partial charge in [-0.3, -0.25) is 14.5 Å². The van der Waals surface area contributed by atoms with Gasteiger partial charge in [0.1, 0.15) is 17.2 Å². The Hall–Kier alpha value is -4.04. The number of rotatable bonds is 11. The maximum Gasteiger partial charge on any atom is 0.255 e. The van der Waals surface area contributed by atoms with Crippen LogP contribution in [0.1, 0.15) is 22.8 Å². The fraction of sp³-hybridized carbons (Fsp3) is 0.259. The molecule has 0 saturated carbocycles. The molecule has 184 valence electrons. The monoisotopic (exact) mass is 477 g/mol. The molecule has 2 N–H and O–H groups in total. The topological polar surface area (TPSA) is 89.1 Å². The van der Waals surface area contributed by atoms with E-state index >= 15 is 0 Å². The number of hydrogen-bond donors (Lipinski definition) is 2. The van der Waals surface area contributed by atoms with Gasteiger partial charge >= 0.3 is 0 Å². The van der Waals surface area contributed by atoms with Gasteiger partial charge in [0.25, 0.3) is 5.91 Å². The molecule has 3 aromatic rings. The van der Waals surface area contributed by atoms with E-state index in [1.807, 2.05) is 37.1 Å². The van der Waals surface area contributed by atoms with Crippen LogP contribution in [0, 0.1) is 0 Å². The number of anilines is 2. The van der Waals surface area contributed by atoms with Crippen LogP contribution in [0.3, 0.4) is 0 Å². The predicted molar refractivity (Wildman–Crippen MR) is 137 cm³/mol. The SMILES string of the molecule is CCOc1ccc(NC(=O)c2ccc(NC(=O)CN(C)Cc3ccc(OC)cc3OC)cc2)cc1. The van der Waals surface area contributed by atoms with Crippen molar-refractivity contribution < 1.29 is 23.8 Å². The molecule has 0 fully saturated rings. The van der Waals surface area contributed by atoms with Crippen molar-refractivity contribution >= 4 is 23.2 Å². The first-order valence-electron chi connectivity index (χ1n) is 11.3. The Morgan fingerprint density at radius 1 is 0.829 bits per heavy atom. The van der Waals surface area contributed by atoms with Gasteiger partial charge in [0.15, 0.2) is 0 Å². The normalized spacial score (nSPS) is 10.5. The molecule has 8 nitrogen and oxygen atoms in total. The average molecular weight is 478 g/mol. The number of carbonyl (C=O) groups excluding carboxylic acids is 2. The van der Waals surface area contributed by atoms with E-state index in [1.54, 1.807) is 62.8 Å². The molecule has 35 heavy (non-hydrogen) atoms. The zero-order valence-corrected chi connectivity index (χ0v) is 20.5. The van der Waals surface area contributed by atoms with Crippen LogP contribution in [-0.2, 0) is 11.3 Å². The molecule has 0 aliphatic heterocycles. The second kappa shape index (κ2) is 12.4. The number of nitrogens with one attached hydrogen (secondary N) is 2. The zero-order chi connectivity index (χ0) is 25.2. The van der Waals surface area contributed by atoms with Crippen molar-refractivity contribution in [1.29, 1.82) is 0 Å². The third kappa shape index (κ3) is 7.48. The lowest BCUT2D eigenvalue weighted by molar-refractivity contribution is -0.117. The molecule has 0 radical (unpaired) electrons. The Morgan fingerprint density at radius 2 is 1.46 bits per heavy atom. The molecule has 0 spiro atoms. The summed E-state index contributed by atoms with van der Waals surface area (Å²) in [6.45, 7) is 3.22. The van der Waals surface area contributed by atoms with E-state index in [0.29, 0.717) is 41.6 Å². The fourth-order valence-corrected chi connectivity index (χ4v) is 3.48. The molecule has 2 amide bonds. The number of hydrogen-bond acceptors (Lipinski definition) is 6. The van der Waals surface area contributed by atoms with Crippen LogP contribution in [0.4, 0.5) is 11.4 Å². The standard InChI is InChI=1S/C27H31N3O5/c1-5-35-23-14-11-22(12-15-23)29-27(32)19-6-9-21(10-7-19)28-26(31)18-30(2)17-20-8-13-24(33-3)16-25(20)34-4/h6-16H,5,17-18H2,1-4H3,(H,28,31)(H,29,32). The van der Waals surface area contributed by atoms with E-state index in [4.69, 9.17) is 14.2 Å². The summed E-state index contributed by atoms with van der Waals surface area (Å²) in [4.78, 5) is 26.9. The van der Waals surface area contributed by atoms with Gasteiger partial charge in [0.05, 0.1) is 27.4 Å². The lowest BCUT2D eigenvalue weighted by Gasteiger charge is -2.18. The fourth-order valence-electron chi connectivity index (χ4n) is 3.48. The molecule has 3 rings (SSSR count). The Kier molecular flexibility index (Phi) is 9.09. The van der Waals surface area contributed by atoms with Crippen LogP contribution >= 0.6 is 0 Å². The Balaban J connectivity index is 1.51. The molecular formula is C27H31N3O5. The number of ether oxygens (including phenoxy) is 3. The molecule has 0 saturated heterocycles. The van der Waals surface area contributed by atoms with Gasteiger partial charge in [-0.1, -0.05) is 6.07 Å². The lowest BCUT2D eigenvalue weighted by Crippen LogP contribution is -2.30. The molecule has 0 unspecified atom stereocenters. The summed E-state index contributed by atoms with van der Waals surface area (Å²) in [6.07, 6.45) is 0. The minimum atomic E-state index is -0.236. The third-order valence-electron chi connectivity index (χ3n) is 5.20. The first kappa shape index (κ1) is 25.6. The molecule has 0 heterocycles. The summed E-state index contributed by atoms with van der Waals surface area (Å²) in [5, 5.41) is 5.71.